The number of unbranched alkanes of at least 4 members (excludes halogenated alkanes) is 2. The standard InChI is InChI=1S/C46H66O5/c1-6-8-9-12-35-15-17-38(18-16-35)39-19-21-40(22-20-39)41-23-25-42(26-24-41)44-28-27-43(31-36(44)7-2)37(13-10-29-50-45(48)33(3)4)14-11-30-51-46(49)34(5)32-47/h15-18,27-28,31,37,39-42,47H,3,5-14,19-26,29-30,32H2,1-2,4H3. The molecule has 2 aliphatic carbocycles. The van der Waals surface area contributed by atoms with Crippen molar-refractivity contribution in [1.29, 1.82) is 0 Å². The van der Waals surface area contributed by atoms with E-state index in [0.717, 1.165) is 43.4 Å². The van der Waals surface area contributed by atoms with Crippen LogP contribution >= 0.6 is 0 Å². The van der Waals surface area contributed by atoms with Crippen molar-refractivity contribution in [3.8, 4) is 0 Å². The number of aliphatic hydroxyl groups excluding tert-OH is 1. The zero-order chi connectivity index (χ0) is 36.6. The van der Waals surface area contributed by atoms with Gasteiger partial charge in [-0.3, -0.25) is 0 Å². The fraction of sp³-hybridized carbons (Fsp3) is 0.609. The zero-order valence-electron chi connectivity index (χ0n) is 32.1. The summed E-state index contributed by atoms with van der Waals surface area (Å²) in [5, 5.41) is 9.16. The summed E-state index contributed by atoms with van der Waals surface area (Å²) < 4.78 is 10.7. The third kappa shape index (κ3) is 12.5. The number of carbonyl (C=O) groups is 2. The molecular formula is C46H66O5. The minimum absolute atomic E-state index is 0.0739. The number of ether oxygens (including phenoxy) is 2. The highest BCUT2D eigenvalue weighted by atomic mass is 16.5. The van der Waals surface area contributed by atoms with Gasteiger partial charge < -0.3 is 14.6 Å². The molecule has 0 aliphatic heterocycles. The average molecular weight is 699 g/mol. The Labute approximate surface area is 309 Å². The Bertz CT molecular complexity index is 1390. The van der Waals surface area contributed by atoms with Crippen LogP contribution in [-0.2, 0) is 31.9 Å². The monoisotopic (exact) mass is 698 g/mol. The first-order chi connectivity index (χ1) is 24.7. The third-order valence-electron chi connectivity index (χ3n) is 11.9. The molecular weight excluding hydrogens is 633 g/mol. The Morgan fingerprint density at radius 1 is 0.765 bits per heavy atom. The molecule has 0 bridgehead atoms. The average Bonchev–Trinajstić information content (AvgIpc) is 3.17. The molecule has 2 fully saturated rings. The maximum absolute atomic E-state index is 12.0. The Morgan fingerprint density at radius 3 is 1.90 bits per heavy atom. The first-order valence-electron chi connectivity index (χ1n) is 20.2. The van der Waals surface area contributed by atoms with Crippen LogP contribution in [0, 0.1) is 11.8 Å². The first kappa shape index (κ1) is 40.6. The number of benzene rings is 2. The van der Waals surface area contributed by atoms with Crippen LogP contribution in [0.25, 0.3) is 0 Å². The highest BCUT2D eigenvalue weighted by Crippen LogP contribution is 2.46. The molecule has 0 heterocycles. The van der Waals surface area contributed by atoms with E-state index >= 15 is 0 Å². The Kier molecular flexibility index (Phi) is 17.0. The molecule has 4 rings (SSSR count). The van der Waals surface area contributed by atoms with Gasteiger partial charge in [-0.25, -0.2) is 9.59 Å². The van der Waals surface area contributed by atoms with E-state index in [2.05, 4.69) is 69.5 Å². The number of aliphatic hydroxyl groups is 1. The third-order valence-corrected chi connectivity index (χ3v) is 11.9. The maximum atomic E-state index is 12.0. The summed E-state index contributed by atoms with van der Waals surface area (Å²) in [6.45, 7) is 13.7. The van der Waals surface area contributed by atoms with Gasteiger partial charge in [0, 0.05) is 5.57 Å². The van der Waals surface area contributed by atoms with Crippen molar-refractivity contribution in [2.75, 3.05) is 19.8 Å². The van der Waals surface area contributed by atoms with Gasteiger partial charge in [-0.05, 0) is 161 Å². The lowest BCUT2D eigenvalue weighted by Crippen LogP contribution is -2.25. The number of hydrogen-bond acceptors (Lipinski definition) is 5. The van der Waals surface area contributed by atoms with E-state index in [1.165, 1.54) is 99.3 Å². The second kappa shape index (κ2) is 21.4. The van der Waals surface area contributed by atoms with Crippen molar-refractivity contribution in [2.45, 2.75) is 148 Å². The van der Waals surface area contributed by atoms with Crippen molar-refractivity contribution in [1.82, 2.24) is 0 Å². The molecule has 2 aromatic carbocycles. The molecule has 1 atom stereocenters. The maximum Gasteiger partial charge on any atom is 0.335 e. The van der Waals surface area contributed by atoms with Crippen LogP contribution in [0.3, 0.4) is 0 Å². The number of rotatable bonds is 20. The van der Waals surface area contributed by atoms with Crippen molar-refractivity contribution in [2.24, 2.45) is 11.8 Å². The van der Waals surface area contributed by atoms with Gasteiger partial charge in [0.1, 0.15) is 0 Å². The summed E-state index contributed by atoms with van der Waals surface area (Å²) in [6.07, 6.45) is 20.1. The topological polar surface area (TPSA) is 72.8 Å². The molecule has 2 aliphatic rings. The van der Waals surface area contributed by atoms with Gasteiger partial charge in [-0.2, -0.15) is 0 Å². The Balaban J connectivity index is 1.30. The summed E-state index contributed by atoms with van der Waals surface area (Å²) in [4.78, 5) is 23.9. The highest BCUT2D eigenvalue weighted by Gasteiger charge is 2.32. The smallest absolute Gasteiger partial charge is 0.335 e. The van der Waals surface area contributed by atoms with Crippen molar-refractivity contribution in [3.63, 3.8) is 0 Å². The molecule has 2 aromatic rings. The zero-order valence-corrected chi connectivity index (χ0v) is 32.1. The molecule has 0 radical (unpaired) electrons. The van der Waals surface area contributed by atoms with E-state index in [1.54, 1.807) is 12.5 Å². The summed E-state index contributed by atoms with van der Waals surface area (Å²) in [7, 11) is 0. The Hall–Kier alpha value is -3.18. The number of hydrogen-bond donors (Lipinski definition) is 1. The molecule has 0 saturated heterocycles. The molecule has 0 spiro atoms. The summed E-state index contributed by atoms with van der Waals surface area (Å²) in [6, 6.07) is 16.8. The quantitative estimate of drug-likeness (QED) is 0.0846. The molecule has 0 amide bonds. The fourth-order valence-corrected chi connectivity index (χ4v) is 8.70. The molecule has 0 aromatic heterocycles. The first-order valence-corrected chi connectivity index (χ1v) is 20.2. The fourth-order valence-electron chi connectivity index (χ4n) is 8.70. The molecule has 2 saturated carbocycles. The van der Waals surface area contributed by atoms with E-state index in [0.29, 0.717) is 24.5 Å². The van der Waals surface area contributed by atoms with E-state index in [9.17, 15) is 9.59 Å². The molecule has 1 unspecified atom stereocenters. The van der Waals surface area contributed by atoms with Crippen LogP contribution in [-0.4, -0.2) is 36.9 Å². The van der Waals surface area contributed by atoms with Crippen LogP contribution in [0.4, 0.5) is 0 Å². The van der Waals surface area contributed by atoms with Crippen LogP contribution < -0.4 is 0 Å². The van der Waals surface area contributed by atoms with Crippen molar-refractivity contribution >= 4 is 11.9 Å². The number of aryl methyl sites for hydroxylation is 2. The summed E-state index contributed by atoms with van der Waals surface area (Å²) in [5.41, 5.74) is 7.85. The van der Waals surface area contributed by atoms with Gasteiger partial charge >= 0.3 is 11.9 Å². The van der Waals surface area contributed by atoms with E-state index in [1.807, 2.05) is 0 Å². The van der Waals surface area contributed by atoms with E-state index in [-0.39, 0.29) is 24.1 Å². The molecule has 5 heteroatoms. The molecule has 1 N–H and O–H groups in total. The second-order valence-electron chi connectivity index (χ2n) is 15.5. The summed E-state index contributed by atoms with van der Waals surface area (Å²) >= 11 is 0. The minimum atomic E-state index is -0.542. The summed E-state index contributed by atoms with van der Waals surface area (Å²) in [5.74, 6) is 2.52. The van der Waals surface area contributed by atoms with Crippen LogP contribution in [0.1, 0.15) is 163 Å². The van der Waals surface area contributed by atoms with Crippen LogP contribution in [0.2, 0.25) is 0 Å². The SMILES string of the molecule is C=C(C)C(=O)OCCCC(CCCOC(=O)C(=C)CO)c1ccc(C2CCC(C3CCC(c4ccc(CCCCC)cc4)CC3)CC2)c(CC)c1. The molecule has 280 valence electrons. The van der Waals surface area contributed by atoms with E-state index in [4.69, 9.17) is 14.6 Å². The van der Waals surface area contributed by atoms with Gasteiger partial charge in [0.05, 0.1) is 25.4 Å². The Morgan fingerprint density at radius 2 is 1.35 bits per heavy atom. The lowest BCUT2D eigenvalue weighted by Gasteiger charge is -2.38. The number of esters is 2. The van der Waals surface area contributed by atoms with Gasteiger partial charge in [0.2, 0.25) is 0 Å². The number of carbonyl (C=O) groups excluding carboxylic acids is 2. The van der Waals surface area contributed by atoms with Gasteiger partial charge in [0.15, 0.2) is 0 Å². The van der Waals surface area contributed by atoms with Gasteiger partial charge in [-0.15, -0.1) is 0 Å². The predicted molar refractivity (Wildman–Crippen MR) is 209 cm³/mol. The lowest BCUT2D eigenvalue weighted by atomic mass is 9.67. The van der Waals surface area contributed by atoms with Crippen LogP contribution in [0.15, 0.2) is 66.8 Å². The van der Waals surface area contributed by atoms with Crippen LogP contribution in [0.5, 0.6) is 0 Å². The minimum Gasteiger partial charge on any atom is -0.462 e. The van der Waals surface area contributed by atoms with Gasteiger partial charge in [0.25, 0.3) is 0 Å². The molecule has 51 heavy (non-hydrogen) atoms. The van der Waals surface area contributed by atoms with Crippen molar-refractivity contribution in [3.05, 3.63) is 94.6 Å². The molecule has 5 nitrogen and oxygen atoms in total. The van der Waals surface area contributed by atoms with Crippen molar-refractivity contribution < 1.29 is 24.2 Å². The predicted octanol–water partition coefficient (Wildman–Crippen LogP) is 11.1. The highest BCUT2D eigenvalue weighted by molar-refractivity contribution is 5.88. The van der Waals surface area contributed by atoms with Gasteiger partial charge in [-0.1, -0.05) is 82.3 Å². The second-order valence-corrected chi connectivity index (χ2v) is 15.5. The normalized spacial score (nSPS) is 21.1. The lowest BCUT2D eigenvalue weighted by molar-refractivity contribution is -0.140. The van der Waals surface area contributed by atoms with E-state index < -0.39 is 12.6 Å². The largest absolute Gasteiger partial charge is 0.462 e.